The smallest absolute Gasteiger partial charge is 0.260 e. The Bertz CT molecular complexity index is 779. The van der Waals surface area contributed by atoms with E-state index in [9.17, 15) is 14.7 Å². The molecule has 0 radical (unpaired) electrons. The first-order chi connectivity index (χ1) is 13.1. The number of anilines is 1. The van der Waals surface area contributed by atoms with E-state index in [1.807, 2.05) is 19.1 Å². The molecule has 1 saturated heterocycles. The lowest BCUT2D eigenvalue weighted by Crippen LogP contribution is -2.50. The zero-order chi connectivity index (χ0) is 19.2. The van der Waals surface area contributed by atoms with Crippen molar-refractivity contribution >= 4 is 17.4 Å². The molecule has 0 unspecified atom stereocenters. The number of piperazine rings is 1. The highest BCUT2D eigenvalue weighted by molar-refractivity contribution is 5.95. The minimum atomic E-state index is -0.0472. The number of ketones is 1. The predicted molar refractivity (Wildman–Crippen MR) is 103 cm³/mol. The summed E-state index contributed by atoms with van der Waals surface area (Å²) in [5.41, 5.74) is 1.69. The Balaban J connectivity index is 1.47. The van der Waals surface area contributed by atoms with Crippen LogP contribution in [-0.2, 0) is 4.79 Å². The van der Waals surface area contributed by atoms with E-state index >= 15 is 0 Å². The molecule has 1 aliphatic heterocycles. The number of carbonyl (C=O) groups excluding carboxylic acids is 2. The number of hydrogen-bond acceptors (Lipinski definition) is 5. The van der Waals surface area contributed by atoms with Gasteiger partial charge in [0, 0.05) is 43.9 Å². The van der Waals surface area contributed by atoms with Gasteiger partial charge in [-0.1, -0.05) is 6.92 Å². The molecule has 2 aromatic rings. The van der Waals surface area contributed by atoms with Crippen LogP contribution >= 0.6 is 0 Å². The van der Waals surface area contributed by atoms with Crippen molar-refractivity contribution in [3.05, 3.63) is 54.1 Å². The second-order valence-electron chi connectivity index (χ2n) is 6.47. The van der Waals surface area contributed by atoms with E-state index in [1.54, 1.807) is 41.3 Å². The van der Waals surface area contributed by atoms with Gasteiger partial charge in [0.15, 0.2) is 12.4 Å². The van der Waals surface area contributed by atoms with Gasteiger partial charge in [-0.15, -0.1) is 0 Å². The molecule has 0 aliphatic carbocycles. The summed E-state index contributed by atoms with van der Waals surface area (Å²) < 4.78 is 5.57. The Hall–Kier alpha value is -3.02. The highest BCUT2D eigenvalue weighted by Crippen LogP contribution is 2.20. The van der Waals surface area contributed by atoms with E-state index in [2.05, 4.69) is 4.90 Å². The largest absolute Gasteiger partial charge is 0.508 e. The van der Waals surface area contributed by atoms with E-state index in [0.29, 0.717) is 30.8 Å². The summed E-state index contributed by atoms with van der Waals surface area (Å²) >= 11 is 0. The van der Waals surface area contributed by atoms with Crippen molar-refractivity contribution in [3.8, 4) is 11.5 Å². The van der Waals surface area contributed by atoms with E-state index in [1.165, 1.54) is 0 Å². The second kappa shape index (κ2) is 8.58. The molecule has 27 heavy (non-hydrogen) atoms. The number of benzene rings is 2. The first-order valence-corrected chi connectivity index (χ1v) is 9.14. The van der Waals surface area contributed by atoms with Crippen LogP contribution in [0.1, 0.15) is 23.7 Å². The molecular weight excluding hydrogens is 344 g/mol. The van der Waals surface area contributed by atoms with Crippen molar-refractivity contribution in [2.24, 2.45) is 0 Å². The Labute approximate surface area is 159 Å². The number of phenols is 1. The van der Waals surface area contributed by atoms with Gasteiger partial charge in [-0.2, -0.15) is 0 Å². The lowest BCUT2D eigenvalue weighted by atomic mass is 10.1. The molecule has 2 aromatic carbocycles. The standard InChI is InChI=1S/C21H24N2O4/c1-2-20(25)16-3-9-19(10-4-16)27-15-21(26)23-13-11-22(12-14-23)17-5-7-18(24)8-6-17/h3-10,24H,2,11-15H2,1H3. The number of nitrogens with zero attached hydrogens (tertiary/aromatic N) is 2. The van der Waals surface area contributed by atoms with Crippen LogP contribution in [0, 0.1) is 0 Å². The fourth-order valence-electron chi connectivity index (χ4n) is 3.06. The maximum absolute atomic E-state index is 12.4. The Morgan fingerprint density at radius 3 is 2.19 bits per heavy atom. The maximum atomic E-state index is 12.4. The Morgan fingerprint density at radius 1 is 0.963 bits per heavy atom. The van der Waals surface area contributed by atoms with Gasteiger partial charge in [0.1, 0.15) is 11.5 Å². The predicted octanol–water partition coefficient (Wildman–Crippen LogP) is 2.71. The first-order valence-electron chi connectivity index (χ1n) is 9.14. The molecule has 6 heteroatoms. The molecule has 0 saturated carbocycles. The van der Waals surface area contributed by atoms with E-state index < -0.39 is 0 Å². The number of rotatable bonds is 6. The van der Waals surface area contributed by atoms with Crippen molar-refractivity contribution in [2.75, 3.05) is 37.7 Å². The SMILES string of the molecule is CCC(=O)c1ccc(OCC(=O)N2CCN(c3ccc(O)cc3)CC2)cc1. The summed E-state index contributed by atoms with van der Waals surface area (Å²) in [5, 5.41) is 9.38. The summed E-state index contributed by atoms with van der Waals surface area (Å²) in [4.78, 5) is 28.0. The normalized spacial score (nSPS) is 14.1. The van der Waals surface area contributed by atoms with Crippen molar-refractivity contribution in [3.63, 3.8) is 0 Å². The molecule has 1 heterocycles. The molecule has 1 N–H and O–H groups in total. The average molecular weight is 368 g/mol. The van der Waals surface area contributed by atoms with Crippen molar-refractivity contribution < 1.29 is 19.4 Å². The van der Waals surface area contributed by atoms with E-state index in [0.717, 1.165) is 18.8 Å². The fraction of sp³-hybridized carbons (Fsp3) is 0.333. The third kappa shape index (κ3) is 4.78. The van der Waals surface area contributed by atoms with Gasteiger partial charge in [-0.25, -0.2) is 0 Å². The van der Waals surface area contributed by atoms with Crippen molar-refractivity contribution in [1.82, 2.24) is 4.90 Å². The molecule has 0 aromatic heterocycles. The quantitative estimate of drug-likeness (QED) is 0.794. The molecule has 142 valence electrons. The highest BCUT2D eigenvalue weighted by Gasteiger charge is 2.21. The van der Waals surface area contributed by atoms with Crippen LogP contribution in [0.2, 0.25) is 0 Å². The molecule has 0 spiro atoms. The third-order valence-corrected chi connectivity index (χ3v) is 4.71. The van der Waals surface area contributed by atoms with Crippen molar-refractivity contribution in [1.29, 1.82) is 0 Å². The van der Waals surface area contributed by atoms with Crippen LogP contribution < -0.4 is 9.64 Å². The number of ether oxygens (including phenoxy) is 1. The average Bonchev–Trinajstić information content (AvgIpc) is 2.72. The monoisotopic (exact) mass is 368 g/mol. The number of phenolic OH excluding ortho intramolecular Hbond substituents is 1. The van der Waals surface area contributed by atoms with Crippen LogP contribution in [0.15, 0.2) is 48.5 Å². The summed E-state index contributed by atoms with van der Waals surface area (Å²) in [6.07, 6.45) is 0.467. The molecule has 0 atom stereocenters. The van der Waals surface area contributed by atoms with Gasteiger partial charge in [0.2, 0.25) is 0 Å². The lowest BCUT2D eigenvalue weighted by Gasteiger charge is -2.36. The van der Waals surface area contributed by atoms with E-state index in [-0.39, 0.29) is 24.0 Å². The number of carbonyl (C=O) groups is 2. The lowest BCUT2D eigenvalue weighted by molar-refractivity contribution is -0.133. The fourth-order valence-corrected chi connectivity index (χ4v) is 3.06. The van der Waals surface area contributed by atoms with Crippen molar-refractivity contribution in [2.45, 2.75) is 13.3 Å². The van der Waals surface area contributed by atoms with Crippen LogP contribution in [0.5, 0.6) is 11.5 Å². The van der Waals surface area contributed by atoms with Gasteiger partial charge in [0.05, 0.1) is 0 Å². The third-order valence-electron chi connectivity index (χ3n) is 4.71. The number of Topliss-reactive ketones (excluding diaryl/α,β-unsaturated/α-hetero) is 1. The molecular formula is C21H24N2O4. The van der Waals surface area contributed by atoms with Crippen LogP contribution in [-0.4, -0.2) is 54.5 Å². The van der Waals surface area contributed by atoms with Crippen LogP contribution in [0.3, 0.4) is 0 Å². The molecule has 1 fully saturated rings. The highest BCUT2D eigenvalue weighted by atomic mass is 16.5. The summed E-state index contributed by atoms with van der Waals surface area (Å²) in [7, 11) is 0. The van der Waals surface area contributed by atoms with Gasteiger partial charge >= 0.3 is 0 Å². The zero-order valence-corrected chi connectivity index (χ0v) is 15.4. The number of aromatic hydroxyl groups is 1. The minimum absolute atomic E-state index is 0.0136. The molecule has 6 nitrogen and oxygen atoms in total. The Kier molecular flexibility index (Phi) is 5.96. The number of hydrogen-bond donors (Lipinski definition) is 1. The molecule has 1 amide bonds. The summed E-state index contributed by atoms with van der Waals surface area (Å²) in [6, 6.07) is 14.0. The van der Waals surface area contributed by atoms with Gasteiger partial charge < -0.3 is 19.6 Å². The van der Waals surface area contributed by atoms with E-state index in [4.69, 9.17) is 4.74 Å². The van der Waals surface area contributed by atoms with Crippen LogP contribution in [0.25, 0.3) is 0 Å². The summed E-state index contributed by atoms with van der Waals surface area (Å²) in [5.74, 6) is 0.869. The molecule has 1 aliphatic rings. The topological polar surface area (TPSA) is 70.1 Å². The first kappa shape index (κ1) is 18.8. The maximum Gasteiger partial charge on any atom is 0.260 e. The summed E-state index contributed by atoms with van der Waals surface area (Å²) in [6.45, 7) is 4.56. The second-order valence-corrected chi connectivity index (χ2v) is 6.47. The van der Waals surface area contributed by atoms with Gasteiger partial charge in [-0.3, -0.25) is 9.59 Å². The Morgan fingerprint density at radius 2 is 1.59 bits per heavy atom. The van der Waals surface area contributed by atoms with Gasteiger partial charge in [0.25, 0.3) is 5.91 Å². The number of amides is 1. The minimum Gasteiger partial charge on any atom is -0.508 e. The zero-order valence-electron chi connectivity index (χ0n) is 15.4. The molecule has 0 bridgehead atoms. The van der Waals surface area contributed by atoms with Crippen LogP contribution in [0.4, 0.5) is 5.69 Å². The molecule has 3 rings (SSSR count). The van der Waals surface area contributed by atoms with Gasteiger partial charge in [-0.05, 0) is 48.5 Å².